The molecule has 1 aromatic heterocycles. The fourth-order valence-corrected chi connectivity index (χ4v) is 1.83. The molecule has 1 fully saturated rings. The second-order valence-corrected chi connectivity index (χ2v) is 3.99. The molecule has 0 spiro atoms. The van der Waals surface area contributed by atoms with E-state index in [0.29, 0.717) is 0 Å². The number of hydrogen-bond acceptors (Lipinski definition) is 8. The molecule has 9 nitrogen and oxygen atoms in total. The van der Waals surface area contributed by atoms with Gasteiger partial charge in [0.15, 0.2) is 0 Å². The maximum atomic E-state index is 11.0. The topological polar surface area (TPSA) is 128 Å². The van der Waals surface area contributed by atoms with E-state index in [0.717, 1.165) is 12.8 Å². The first-order chi connectivity index (χ1) is 8.65. The largest absolute Gasteiger partial charge is 0.381 e. The van der Waals surface area contributed by atoms with Crippen molar-refractivity contribution in [2.45, 2.75) is 25.0 Å². The first-order valence-corrected chi connectivity index (χ1v) is 5.41. The van der Waals surface area contributed by atoms with E-state index in [4.69, 9.17) is 10.6 Å². The number of aromatic nitrogens is 2. The molecule has 0 aliphatic heterocycles. The van der Waals surface area contributed by atoms with Gasteiger partial charge in [0, 0.05) is 13.2 Å². The number of hydrogen-bond donors (Lipinski definition) is 3. The van der Waals surface area contributed by atoms with E-state index in [2.05, 4.69) is 20.7 Å². The number of nitrogens with zero attached hydrogens (tertiary/aromatic N) is 3. The van der Waals surface area contributed by atoms with Crippen LogP contribution in [0.4, 0.5) is 17.3 Å². The number of methoxy groups -OCH3 is 1. The summed E-state index contributed by atoms with van der Waals surface area (Å²) >= 11 is 0. The van der Waals surface area contributed by atoms with E-state index < -0.39 is 4.92 Å². The van der Waals surface area contributed by atoms with Crippen LogP contribution in [0.25, 0.3) is 0 Å². The Bertz CT molecular complexity index is 448. The highest BCUT2D eigenvalue weighted by molar-refractivity contribution is 5.69. The Morgan fingerprint density at radius 3 is 2.72 bits per heavy atom. The van der Waals surface area contributed by atoms with E-state index in [1.165, 1.54) is 6.33 Å². The van der Waals surface area contributed by atoms with Crippen molar-refractivity contribution >= 4 is 17.3 Å². The molecule has 2 rings (SSSR count). The van der Waals surface area contributed by atoms with Crippen LogP contribution in [-0.4, -0.2) is 34.1 Å². The van der Waals surface area contributed by atoms with Crippen molar-refractivity contribution in [2.75, 3.05) is 17.9 Å². The predicted molar refractivity (Wildman–Crippen MR) is 63.9 cm³/mol. The molecule has 0 aromatic carbocycles. The highest BCUT2D eigenvalue weighted by Crippen LogP contribution is 2.32. The zero-order chi connectivity index (χ0) is 13.1. The third-order valence-electron chi connectivity index (χ3n) is 2.91. The third kappa shape index (κ3) is 2.31. The quantitative estimate of drug-likeness (QED) is 0.387. The molecule has 1 heterocycles. The Labute approximate surface area is 103 Å². The highest BCUT2D eigenvalue weighted by Gasteiger charge is 2.32. The van der Waals surface area contributed by atoms with Gasteiger partial charge in [-0.25, -0.2) is 15.8 Å². The Morgan fingerprint density at radius 2 is 2.17 bits per heavy atom. The number of nitrogen functional groups attached to an aromatic ring is 1. The molecule has 0 saturated heterocycles. The van der Waals surface area contributed by atoms with Crippen molar-refractivity contribution in [1.29, 1.82) is 0 Å². The molecule has 9 heteroatoms. The van der Waals surface area contributed by atoms with Gasteiger partial charge in [0.25, 0.3) is 0 Å². The summed E-state index contributed by atoms with van der Waals surface area (Å²) in [5.41, 5.74) is 1.94. The molecule has 1 aliphatic rings. The van der Waals surface area contributed by atoms with Crippen LogP contribution in [-0.2, 0) is 4.74 Å². The molecule has 98 valence electrons. The lowest BCUT2D eigenvalue weighted by atomic mass is 9.89. The van der Waals surface area contributed by atoms with Crippen molar-refractivity contribution in [3.63, 3.8) is 0 Å². The Morgan fingerprint density at radius 1 is 1.50 bits per heavy atom. The minimum absolute atomic E-state index is 0.0138. The molecule has 1 saturated carbocycles. The van der Waals surface area contributed by atoms with Crippen LogP contribution in [0.5, 0.6) is 0 Å². The summed E-state index contributed by atoms with van der Waals surface area (Å²) in [6.07, 6.45) is 3.01. The minimum Gasteiger partial charge on any atom is -0.381 e. The number of ether oxygens (including phenoxy) is 1. The highest BCUT2D eigenvalue weighted by atomic mass is 16.6. The van der Waals surface area contributed by atoms with Gasteiger partial charge in [0.2, 0.25) is 11.6 Å². The van der Waals surface area contributed by atoms with Crippen molar-refractivity contribution in [3.05, 3.63) is 16.4 Å². The number of nitro groups is 1. The van der Waals surface area contributed by atoms with Crippen molar-refractivity contribution < 1.29 is 9.66 Å². The van der Waals surface area contributed by atoms with E-state index in [1.54, 1.807) is 7.11 Å². The van der Waals surface area contributed by atoms with Gasteiger partial charge in [-0.15, -0.1) is 0 Å². The standard InChI is InChI=1S/C9H14N6O3/c1-18-6-2-5(3-6)13-8-7(15(16)17)9(14-10)12-4-11-8/h4-6H,2-3,10H2,1H3,(H2,11,12,13,14). The van der Waals surface area contributed by atoms with Crippen LogP contribution in [0.1, 0.15) is 12.8 Å². The van der Waals surface area contributed by atoms with Crippen LogP contribution < -0.4 is 16.6 Å². The molecular formula is C9H14N6O3. The lowest BCUT2D eigenvalue weighted by Gasteiger charge is -2.34. The fourth-order valence-electron chi connectivity index (χ4n) is 1.83. The van der Waals surface area contributed by atoms with Gasteiger partial charge in [0.05, 0.1) is 11.0 Å². The Hall–Kier alpha value is -2.00. The molecule has 0 amide bonds. The van der Waals surface area contributed by atoms with Crippen LogP contribution in [0, 0.1) is 10.1 Å². The first-order valence-electron chi connectivity index (χ1n) is 5.41. The SMILES string of the molecule is COC1CC(Nc2ncnc(NN)c2[N+](=O)[O-])C1. The molecular weight excluding hydrogens is 240 g/mol. The smallest absolute Gasteiger partial charge is 0.354 e. The summed E-state index contributed by atoms with van der Waals surface area (Å²) in [4.78, 5) is 18.0. The summed E-state index contributed by atoms with van der Waals surface area (Å²) < 4.78 is 5.14. The monoisotopic (exact) mass is 254 g/mol. The number of nitrogens with two attached hydrogens (primary N) is 1. The van der Waals surface area contributed by atoms with E-state index in [-0.39, 0.29) is 29.5 Å². The normalized spacial score (nSPS) is 22.1. The number of nitrogens with one attached hydrogen (secondary N) is 2. The van der Waals surface area contributed by atoms with Crippen LogP contribution in [0.3, 0.4) is 0 Å². The van der Waals surface area contributed by atoms with E-state index in [1.807, 2.05) is 0 Å². The average molecular weight is 254 g/mol. The molecule has 1 aliphatic carbocycles. The molecule has 0 atom stereocenters. The lowest BCUT2D eigenvalue weighted by Crippen LogP contribution is -2.40. The summed E-state index contributed by atoms with van der Waals surface area (Å²) in [6, 6.07) is 0.120. The summed E-state index contributed by atoms with van der Waals surface area (Å²) in [6.45, 7) is 0. The Balaban J connectivity index is 2.15. The molecule has 0 unspecified atom stereocenters. The van der Waals surface area contributed by atoms with Gasteiger partial charge in [-0.3, -0.25) is 10.1 Å². The number of hydrazine groups is 1. The molecule has 0 bridgehead atoms. The number of rotatable bonds is 5. The zero-order valence-corrected chi connectivity index (χ0v) is 9.79. The second-order valence-electron chi connectivity index (χ2n) is 3.99. The van der Waals surface area contributed by atoms with Crippen LogP contribution in [0.15, 0.2) is 6.33 Å². The first kappa shape index (κ1) is 12.5. The van der Waals surface area contributed by atoms with Crippen molar-refractivity contribution in [3.8, 4) is 0 Å². The molecule has 18 heavy (non-hydrogen) atoms. The van der Waals surface area contributed by atoms with Crippen molar-refractivity contribution in [2.24, 2.45) is 5.84 Å². The summed E-state index contributed by atoms with van der Waals surface area (Å²) in [7, 11) is 1.64. The second kappa shape index (κ2) is 5.10. The number of anilines is 2. The van der Waals surface area contributed by atoms with Gasteiger partial charge < -0.3 is 15.5 Å². The van der Waals surface area contributed by atoms with Gasteiger partial charge in [-0.2, -0.15) is 0 Å². The van der Waals surface area contributed by atoms with Gasteiger partial charge >= 0.3 is 5.69 Å². The fraction of sp³-hybridized carbons (Fsp3) is 0.556. The maximum Gasteiger partial charge on any atom is 0.354 e. The van der Waals surface area contributed by atoms with Crippen LogP contribution in [0.2, 0.25) is 0 Å². The molecule has 1 aromatic rings. The Kier molecular flexibility index (Phi) is 3.53. The van der Waals surface area contributed by atoms with Gasteiger partial charge in [0.1, 0.15) is 6.33 Å². The predicted octanol–water partition coefficient (Wildman–Crippen LogP) is 0.260. The average Bonchev–Trinajstić information content (AvgIpc) is 2.32. The van der Waals surface area contributed by atoms with E-state index in [9.17, 15) is 10.1 Å². The summed E-state index contributed by atoms with van der Waals surface area (Å²) in [5, 5.41) is 14.0. The minimum atomic E-state index is -0.565. The zero-order valence-electron chi connectivity index (χ0n) is 9.79. The lowest BCUT2D eigenvalue weighted by molar-refractivity contribution is -0.383. The van der Waals surface area contributed by atoms with Gasteiger partial charge in [-0.05, 0) is 12.8 Å². The van der Waals surface area contributed by atoms with E-state index >= 15 is 0 Å². The van der Waals surface area contributed by atoms with Crippen molar-refractivity contribution in [1.82, 2.24) is 9.97 Å². The molecule has 4 N–H and O–H groups in total. The molecule has 0 radical (unpaired) electrons. The van der Waals surface area contributed by atoms with Gasteiger partial charge in [-0.1, -0.05) is 0 Å². The maximum absolute atomic E-state index is 11.0. The van der Waals surface area contributed by atoms with Crippen LogP contribution >= 0.6 is 0 Å². The third-order valence-corrected chi connectivity index (χ3v) is 2.91. The summed E-state index contributed by atoms with van der Waals surface area (Å²) in [5.74, 6) is 5.34.